The Bertz CT molecular complexity index is 674. The molecule has 0 radical (unpaired) electrons. The minimum atomic E-state index is 0.490. The van der Waals surface area contributed by atoms with Crippen LogP contribution >= 0.6 is 15.9 Å². The van der Waals surface area contributed by atoms with Gasteiger partial charge in [-0.3, -0.25) is 4.40 Å². The summed E-state index contributed by atoms with van der Waals surface area (Å²) in [5.41, 5.74) is 7.23. The van der Waals surface area contributed by atoms with Crippen molar-refractivity contribution in [3.8, 4) is 11.4 Å². The maximum atomic E-state index is 5.56. The van der Waals surface area contributed by atoms with Gasteiger partial charge in [0, 0.05) is 22.4 Å². The number of nitrogens with zero attached hydrogens (tertiary/aromatic N) is 4. The van der Waals surface area contributed by atoms with Crippen molar-refractivity contribution < 1.29 is 0 Å². The lowest BCUT2D eigenvalue weighted by atomic mass is 10.2. The van der Waals surface area contributed by atoms with Crippen molar-refractivity contribution in [2.45, 2.75) is 0 Å². The number of hydrogen-bond acceptors (Lipinski definition) is 4. The van der Waals surface area contributed by atoms with Crippen LogP contribution in [-0.2, 0) is 0 Å². The number of nitrogen functional groups attached to an aromatic ring is 1. The number of aromatic nitrogens is 4. The molecule has 0 aliphatic rings. The van der Waals surface area contributed by atoms with Gasteiger partial charge in [0.15, 0.2) is 11.5 Å². The molecule has 0 aliphatic carbocycles. The van der Waals surface area contributed by atoms with E-state index in [-0.39, 0.29) is 0 Å². The highest BCUT2D eigenvalue weighted by Crippen LogP contribution is 2.20. The summed E-state index contributed by atoms with van der Waals surface area (Å²) in [7, 11) is 0. The first kappa shape index (κ1) is 10.2. The van der Waals surface area contributed by atoms with E-state index in [2.05, 4.69) is 31.1 Å². The second-order valence-electron chi connectivity index (χ2n) is 3.57. The molecule has 0 fully saturated rings. The summed E-state index contributed by atoms with van der Waals surface area (Å²) < 4.78 is 2.87. The molecule has 0 amide bonds. The largest absolute Gasteiger partial charge is 0.384 e. The number of anilines is 1. The summed E-state index contributed by atoms with van der Waals surface area (Å²) in [5, 5.41) is 8.24. The molecular formula is C11H8BrN5. The van der Waals surface area contributed by atoms with E-state index in [4.69, 9.17) is 5.73 Å². The van der Waals surface area contributed by atoms with E-state index in [1.54, 1.807) is 12.3 Å². The fourth-order valence-corrected chi connectivity index (χ4v) is 1.94. The maximum Gasteiger partial charge on any atom is 0.169 e. The molecule has 0 aliphatic heterocycles. The molecule has 0 saturated heterocycles. The van der Waals surface area contributed by atoms with Crippen molar-refractivity contribution in [1.29, 1.82) is 0 Å². The van der Waals surface area contributed by atoms with Crippen LogP contribution < -0.4 is 5.73 Å². The van der Waals surface area contributed by atoms with E-state index in [9.17, 15) is 0 Å². The maximum absolute atomic E-state index is 5.56. The lowest BCUT2D eigenvalue weighted by Gasteiger charge is -2.00. The third-order valence-electron chi connectivity index (χ3n) is 2.41. The average Bonchev–Trinajstić information content (AvgIpc) is 2.73. The van der Waals surface area contributed by atoms with Gasteiger partial charge in [-0.2, -0.15) is 0 Å². The van der Waals surface area contributed by atoms with Crippen LogP contribution in [-0.4, -0.2) is 19.6 Å². The first-order valence-corrected chi connectivity index (χ1v) is 5.75. The topological polar surface area (TPSA) is 69.1 Å². The third-order valence-corrected chi connectivity index (χ3v) is 2.88. The Kier molecular flexibility index (Phi) is 2.29. The number of rotatable bonds is 1. The van der Waals surface area contributed by atoms with Crippen molar-refractivity contribution in [1.82, 2.24) is 19.6 Å². The Morgan fingerprint density at radius 2 is 2.00 bits per heavy atom. The van der Waals surface area contributed by atoms with Crippen molar-refractivity contribution in [2.24, 2.45) is 0 Å². The quantitative estimate of drug-likeness (QED) is 0.745. The molecule has 3 aromatic rings. The van der Waals surface area contributed by atoms with Crippen LogP contribution in [0, 0.1) is 0 Å². The monoisotopic (exact) mass is 289 g/mol. The van der Waals surface area contributed by atoms with Crippen LogP contribution in [0.25, 0.3) is 17.0 Å². The Labute approximate surface area is 105 Å². The summed E-state index contributed by atoms with van der Waals surface area (Å²) in [5.74, 6) is 1.23. The van der Waals surface area contributed by atoms with Gasteiger partial charge < -0.3 is 5.73 Å². The first-order chi connectivity index (χ1) is 8.24. The van der Waals surface area contributed by atoms with Gasteiger partial charge in [0.2, 0.25) is 0 Å². The van der Waals surface area contributed by atoms with Gasteiger partial charge in [-0.15, -0.1) is 10.2 Å². The molecule has 3 rings (SSSR count). The molecular weight excluding hydrogens is 282 g/mol. The minimum Gasteiger partial charge on any atom is -0.384 e. The van der Waals surface area contributed by atoms with Gasteiger partial charge in [0.05, 0.1) is 0 Å². The fourth-order valence-electron chi connectivity index (χ4n) is 1.60. The van der Waals surface area contributed by atoms with Crippen molar-refractivity contribution in [2.75, 3.05) is 5.73 Å². The summed E-state index contributed by atoms with van der Waals surface area (Å²) >= 11 is 3.42. The van der Waals surface area contributed by atoms with Gasteiger partial charge in [-0.05, 0) is 40.2 Å². The van der Waals surface area contributed by atoms with Crippen LogP contribution in [0.2, 0.25) is 0 Å². The lowest BCUT2D eigenvalue weighted by Crippen LogP contribution is -1.92. The highest BCUT2D eigenvalue weighted by Gasteiger charge is 2.08. The van der Waals surface area contributed by atoms with E-state index in [1.807, 2.05) is 28.8 Å². The van der Waals surface area contributed by atoms with Crippen molar-refractivity contribution in [3.63, 3.8) is 0 Å². The van der Waals surface area contributed by atoms with Crippen LogP contribution in [0.1, 0.15) is 0 Å². The Morgan fingerprint density at radius 3 is 2.76 bits per heavy atom. The zero-order valence-electron chi connectivity index (χ0n) is 8.71. The van der Waals surface area contributed by atoms with E-state index in [1.165, 1.54) is 0 Å². The van der Waals surface area contributed by atoms with E-state index >= 15 is 0 Å². The van der Waals surface area contributed by atoms with E-state index in [0.29, 0.717) is 5.82 Å². The Hall–Kier alpha value is -1.95. The normalized spacial score (nSPS) is 10.9. The highest BCUT2D eigenvalue weighted by atomic mass is 79.9. The second kappa shape index (κ2) is 3.81. The second-order valence-corrected chi connectivity index (χ2v) is 4.49. The molecule has 84 valence electrons. The fraction of sp³-hybridized carbons (Fsp3) is 0. The van der Waals surface area contributed by atoms with Crippen LogP contribution in [0.4, 0.5) is 5.82 Å². The highest BCUT2D eigenvalue weighted by molar-refractivity contribution is 9.10. The Morgan fingerprint density at radius 1 is 1.12 bits per heavy atom. The smallest absolute Gasteiger partial charge is 0.169 e. The molecule has 0 unspecified atom stereocenters. The predicted molar refractivity (Wildman–Crippen MR) is 68.3 cm³/mol. The first-order valence-electron chi connectivity index (χ1n) is 4.96. The average molecular weight is 290 g/mol. The molecule has 6 heteroatoms. The van der Waals surface area contributed by atoms with Gasteiger partial charge in [-0.25, -0.2) is 4.98 Å². The Balaban J connectivity index is 2.23. The molecule has 3 heterocycles. The van der Waals surface area contributed by atoms with Gasteiger partial charge >= 0.3 is 0 Å². The number of hydrogen-bond donors (Lipinski definition) is 1. The molecule has 2 N–H and O–H groups in total. The minimum absolute atomic E-state index is 0.490. The molecule has 3 aromatic heterocycles. The molecule has 0 spiro atoms. The summed E-state index contributed by atoms with van der Waals surface area (Å²) in [4.78, 5) is 4.05. The zero-order valence-corrected chi connectivity index (χ0v) is 10.3. The van der Waals surface area contributed by atoms with Crippen LogP contribution in [0.3, 0.4) is 0 Å². The number of nitrogens with two attached hydrogens (primary N) is 1. The third kappa shape index (κ3) is 1.76. The van der Waals surface area contributed by atoms with Gasteiger partial charge in [-0.1, -0.05) is 0 Å². The van der Waals surface area contributed by atoms with Gasteiger partial charge in [0.1, 0.15) is 5.82 Å². The standard InChI is InChI=1S/C11H8BrN5/c12-8-2-4-10-15-16-11(17(10)6-8)7-1-3-9(13)14-5-7/h1-6H,(H2,13,14). The molecule has 0 atom stereocenters. The number of halogens is 1. The number of fused-ring (bicyclic) bond motifs is 1. The molecule has 17 heavy (non-hydrogen) atoms. The van der Waals surface area contributed by atoms with E-state index in [0.717, 1.165) is 21.5 Å². The summed E-state index contributed by atoms with van der Waals surface area (Å²) in [6.45, 7) is 0. The molecule has 5 nitrogen and oxygen atoms in total. The van der Waals surface area contributed by atoms with Crippen molar-refractivity contribution in [3.05, 3.63) is 41.1 Å². The van der Waals surface area contributed by atoms with Crippen LogP contribution in [0.5, 0.6) is 0 Å². The SMILES string of the molecule is Nc1ccc(-c2nnc3ccc(Br)cn23)cn1. The van der Waals surface area contributed by atoms with Crippen molar-refractivity contribution >= 4 is 27.4 Å². The van der Waals surface area contributed by atoms with Crippen LogP contribution in [0.15, 0.2) is 41.1 Å². The lowest BCUT2D eigenvalue weighted by molar-refractivity contribution is 1.10. The molecule has 0 aromatic carbocycles. The molecule has 0 bridgehead atoms. The predicted octanol–water partition coefficient (Wildman–Crippen LogP) is 2.14. The van der Waals surface area contributed by atoms with Gasteiger partial charge in [0.25, 0.3) is 0 Å². The van der Waals surface area contributed by atoms with E-state index < -0.39 is 0 Å². The summed E-state index contributed by atoms with van der Waals surface area (Å²) in [6.07, 6.45) is 3.60. The zero-order chi connectivity index (χ0) is 11.8. The summed E-state index contributed by atoms with van der Waals surface area (Å²) in [6, 6.07) is 7.44. The number of pyridine rings is 2. The molecule has 0 saturated carbocycles.